The van der Waals surface area contributed by atoms with Gasteiger partial charge in [-0.2, -0.15) is 0 Å². The van der Waals surface area contributed by atoms with Crippen molar-refractivity contribution in [1.82, 2.24) is 16.0 Å². The van der Waals surface area contributed by atoms with Crippen molar-refractivity contribution in [2.75, 3.05) is 52.1 Å². The van der Waals surface area contributed by atoms with Gasteiger partial charge in [-0.1, -0.05) is 24.6 Å². The summed E-state index contributed by atoms with van der Waals surface area (Å²) in [5, 5.41) is 22.1. The smallest absolute Gasteiger partial charge is 0.335 e. The summed E-state index contributed by atoms with van der Waals surface area (Å²) in [5.41, 5.74) is 3.36. The van der Waals surface area contributed by atoms with Crippen LogP contribution >= 0.6 is 0 Å². The Hall–Kier alpha value is -3.30. The van der Waals surface area contributed by atoms with E-state index in [0.717, 1.165) is 49.0 Å². The predicted molar refractivity (Wildman–Crippen MR) is 141 cm³/mol. The number of aromatic carboxylic acids is 1. The quantitative estimate of drug-likeness (QED) is 0.205. The van der Waals surface area contributed by atoms with Gasteiger partial charge in [0.2, 0.25) is 0 Å². The van der Waals surface area contributed by atoms with Crippen LogP contribution in [0.25, 0.3) is 0 Å². The Labute approximate surface area is 208 Å². The molecular weight excluding hydrogens is 446 g/mol. The minimum Gasteiger partial charge on any atom is -0.494 e. The minimum absolute atomic E-state index is 0.0529. The maximum atomic E-state index is 12.1. The molecule has 2 aromatic rings. The van der Waals surface area contributed by atoms with E-state index in [4.69, 9.17) is 4.74 Å². The van der Waals surface area contributed by atoms with Crippen LogP contribution in [-0.4, -0.2) is 64.6 Å². The summed E-state index contributed by atoms with van der Waals surface area (Å²) >= 11 is 0. The van der Waals surface area contributed by atoms with Crippen LogP contribution in [0.1, 0.15) is 52.5 Å². The van der Waals surface area contributed by atoms with Gasteiger partial charge in [-0.05, 0) is 63.5 Å². The lowest BCUT2D eigenvalue weighted by Crippen LogP contribution is -2.64. The number of hydrogen-bond acceptors (Lipinski definition) is 7. The molecule has 0 saturated carbocycles. The summed E-state index contributed by atoms with van der Waals surface area (Å²) in [4.78, 5) is 25.6. The molecule has 9 nitrogen and oxygen atoms in total. The van der Waals surface area contributed by atoms with Crippen LogP contribution in [0.15, 0.2) is 36.4 Å². The molecule has 2 aromatic carbocycles. The third-order valence-corrected chi connectivity index (χ3v) is 6.39. The van der Waals surface area contributed by atoms with Crippen molar-refractivity contribution < 1.29 is 19.4 Å². The van der Waals surface area contributed by atoms with Gasteiger partial charge in [0.25, 0.3) is 5.91 Å². The van der Waals surface area contributed by atoms with E-state index in [1.807, 2.05) is 50.2 Å². The fourth-order valence-electron chi connectivity index (χ4n) is 4.07. The van der Waals surface area contributed by atoms with E-state index < -0.39 is 11.8 Å². The fraction of sp³-hybridized carbons (Fsp3) is 0.462. The van der Waals surface area contributed by atoms with Gasteiger partial charge in [0.05, 0.1) is 18.4 Å². The fourth-order valence-corrected chi connectivity index (χ4v) is 4.07. The van der Waals surface area contributed by atoms with E-state index in [1.165, 1.54) is 13.2 Å². The molecule has 0 aliphatic carbocycles. The zero-order valence-corrected chi connectivity index (χ0v) is 21.6. The molecule has 1 unspecified atom stereocenters. The Kier molecular flexibility index (Phi) is 10.4. The number of anilines is 2. The first kappa shape index (κ1) is 27.9. The van der Waals surface area contributed by atoms with Crippen LogP contribution < -0.4 is 30.9 Å². The van der Waals surface area contributed by atoms with Crippen molar-refractivity contribution in [3.05, 3.63) is 53.1 Å². The molecule has 2 rings (SSSR count). The van der Waals surface area contributed by atoms with Crippen molar-refractivity contribution in [3.8, 4) is 5.75 Å². The lowest BCUT2D eigenvalue weighted by atomic mass is 10.0. The third kappa shape index (κ3) is 6.86. The number of ether oxygens (including phenoxy) is 1. The molecule has 0 aliphatic heterocycles. The van der Waals surface area contributed by atoms with Gasteiger partial charge in [0, 0.05) is 26.7 Å². The van der Waals surface area contributed by atoms with Gasteiger partial charge in [-0.15, -0.1) is 0 Å². The number of hydrogen-bond donors (Lipinski definition) is 5. The van der Waals surface area contributed by atoms with Crippen LogP contribution in [0.2, 0.25) is 0 Å². The largest absolute Gasteiger partial charge is 0.494 e. The average Bonchev–Trinajstić information content (AvgIpc) is 2.88. The van der Waals surface area contributed by atoms with Gasteiger partial charge in [0.15, 0.2) is 0 Å². The van der Waals surface area contributed by atoms with Crippen LogP contribution in [0.3, 0.4) is 0 Å². The number of benzene rings is 2. The molecule has 1 atom stereocenters. The summed E-state index contributed by atoms with van der Waals surface area (Å²) in [6, 6.07) is 10.9. The van der Waals surface area contributed by atoms with Gasteiger partial charge in [0.1, 0.15) is 17.2 Å². The normalized spacial score (nSPS) is 12.5. The number of methoxy groups -OCH3 is 1. The first-order valence-electron chi connectivity index (χ1n) is 11.8. The summed E-state index contributed by atoms with van der Waals surface area (Å²) < 4.78 is 5.54. The van der Waals surface area contributed by atoms with Crippen molar-refractivity contribution in [2.45, 2.75) is 38.4 Å². The highest BCUT2D eigenvalue weighted by molar-refractivity contribution is 5.95. The van der Waals surface area contributed by atoms with E-state index >= 15 is 0 Å². The topological polar surface area (TPSA) is 115 Å². The highest BCUT2D eigenvalue weighted by atomic mass is 16.5. The standard InChI is InChI=1S/C26H39N5O4/c1-26(29-4,31(5)23-21(27-2)16-19(25(33)34)17-22(23)35-6)30-15-11-7-8-12-18-13-9-10-14-20(18)24(32)28-3/h9-10,13-14,16-17,27,29-30H,7-8,11-12,15H2,1-6H3,(H,28,32)(H,33,34). The van der Waals surface area contributed by atoms with E-state index in [0.29, 0.717) is 11.4 Å². The summed E-state index contributed by atoms with van der Waals surface area (Å²) in [6.07, 6.45) is 3.81. The van der Waals surface area contributed by atoms with Gasteiger partial charge >= 0.3 is 5.97 Å². The van der Waals surface area contributed by atoms with Crippen molar-refractivity contribution in [1.29, 1.82) is 0 Å². The van der Waals surface area contributed by atoms with Crippen LogP contribution in [0, 0.1) is 0 Å². The molecule has 35 heavy (non-hydrogen) atoms. The second kappa shape index (κ2) is 13.0. The van der Waals surface area contributed by atoms with E-state index in [1.54, 1.807) is 20.2 Å². The maximum absolute atomic E-state index is 12.1. The number of carbonyl (C=O) groups excluding carboxylic acids is 1. The monoisotopic (exact) mass is 485 g/mol. The first-order valence-corrected chi connectivity index (χ1v) is 11.8. The lowest BCUT2D eigenvalue weighted by molar-refractivity contribution is 0.0696. The van der Waals surface area contributed by atoms with Crippen LogP contribution in [-0.2, 0) is 6.42 Å². The molecule has 0 fully saturated rings. The molecule has 9 heteroatoms. The number of carboxylic acids is 1. The highest BCUT2D eigenvalue weighted by Crippen LogP contribution is 2.39. The number of amides is 1. The molecule has 0 aromatic heterocycles. The number of unbranched alkanes of at least 4 members (excludes halogenated alkanes) is 2. The highest BCUT2D eigenvalue weighted by Gasteiger charge is 2.31. The maximum Gasteiger partial charge on any atom is 0.335 e. The van der Waals surface area contributed by atoms with E-state index in [-0.39, 0.29) is 11.5 Å². The number of aryl methyl sites for hydroxylation is 1. The molecule has 0 saturated heterocycles. The molecule has 0 bridgehead atoms. The van der Waals surface area contributed by atoms with Crippen LogP contribution in [0.5, 0.6) is 5.75 Å². The Morgan fingerprint density at radius 3 is 2.40 bits per heavy atom. The molecule has 0 spiro atoms. The molecule has 0 heterocycles. The molecule has 0 radical (unpaired) electrons. The molecule has 192 valence electrons. The van der Waals surface area contributed by atoms with Crippen molar-refractivity contribution in [2.24, 2.45) is 0 Å². The Bertz CT molecular complexity index is 988. The Balaban J connectivity index is 2.02. The number of nitrogens with zero attached hydrogens (tertiary/aromatic N) is 1. The molecule has 0 aliphatic rings. The zero-order valence-electron chi connectivity index (χ0n) is 21.6. The summed E-state index contributed by atoms with van der Waals surface area (Å²) in [6.45, 7) is 2.79. The van der Waals surface area contributed by atoms with Gasteiger partial charge in [-0.25, -0.2) is 4.79 Å². The predicted octanol–water partition coefficient (Wildman–Crippen LogP) is 3.13. The number of carbonyl (C=O) groups is 2. The van der Waals surface area contributed by atoms with Gasteiger partial charge < -0.3 is 25.4 Å². The Morgan fingerprint density at radius 2 is 1.80 bits per heavy atom. The number of carboxylic acid groups (broad SMARTS) is 1. The lowest BCUT2D eigenvalue weighted by Gasteiger charge is -2.42. The molecule has 5 N–H and O–H groups in total. The molecule has 1 amide bonds. The molecular formula is C26H39N5O4. The van der Waals surface area contributed by atoms with Crippen molar-refractivity contribution in [3.63, 3.8) is 0 Å². The Morgan fingerprint density at radius 1 is 1.09 bits per heavy atom. The van der Waals surface area contributed by atoms with E-state index in [2.05, 4.69) is 21.3 Å². The average molecular weight is 486 g/mol. The number of nitrogens with one attached hydrogen (secondary N) is 4. The summed E-state index contributed by atoms with van der Waals surface area (Å²) in [7, 11) is 8.74. The second-order valence-corrected chi connectivity index (χ2v) is 8.48. The number of rotatable bonds is 14. The van der Waals surface area contributed by atoms with Gasteiger partial charge in [-0.3, -0.25) is 15.4 Å². The first-order chi connectivity index (χ1) is 16.7. The van der Waals surface area contributed by atoms with Crippen LogP contribution in [0.4, 0.5) is 11.4 Å². The third-order valence-electron chi connectivity index (χ3n) is 6.39. The SMILES string of the molecule is CNC(=O)c1ccccc1CCCCCNC(C)(NC)N(C)c1c(NC)cc(C(=O)O)cc1OC. The summed E-state index contributed by atoms with van der Waals surface area (Å²) in [5.74, 6) is -1.21. The van der Waals surface area contributed by atoms with E-state index in [9.17, 15) is 14.7 Å². The second-order valence-electron chi connectivity index (χ2n) is 8.48. The minimum atomic E-state index is -1.01. The van der Waals surface area contributed by atoms with Crippen molar-refractivity contribution >= 4 is 23.3 Å². The zero-order chi connectivity index (χ0) is 26.0.